The predicted molar refractivity (Wildman–Crippen MR) is 78.1 cm³/mol. The number of hydrogen-bond acceptors (Lipinski definition) is 3. The third kappa shape index (κ3) is 2.90. The van der Waals surface area contributed by atoms with Gasteiger partial charge < -0.3 is 15.0 Å². The number of fused-ring (bicyclic) bond motifs is 1. The second-order valence-corrected chi connectivity index (χ2v) is 6.22. The molecule has 1 aliphatic rings. The zero-order valence-corrected chi connectivity index (χ0v) is 12.3. The van der Waals surface area contributed by atoms with Crippen LogP contribution in [0.2, 0.25) is 0 Å². The number of benzene rings is 1. The summed E-state index contributed by atoms with van der Waals surface area (Å²) in [4.78, 5) is 25.3. The zero-order chi connectivity index (χ0) is 14.8. The van der Waals surface area contributed by atoms with Crippen molar-refractivity contribution in [2.24, 2.45) is 5.41 Å². The summed E-state index contributed by atoms with van der Waals surface area (Å²) in [5.41, 5.74) is 1.85. The van der Waals surface area contributed by atoms with Gasteiger partial charge in [-0.05, 0) is 11.1 Å². The Labute approximate surface area is 120 Å². The molecule has 0 aromatic heterocycles. The lowest BCUT2D eigenvalue weighted by Gasteiger charge is -2.38. The largest absolute Gasteiger partial charge is 0.327 e. The number of amides is 1. The molecular formula is C16H22N2O2. The fraction of sp³-hybridized carbons (Fsp3) is 0.500. The predicted octanol–water partition coefficient (Wildman–Crippen LogP) is 1.90. The molecular weight excluding hydrogens is 252 g/mol. The third-order valence-corrected chi connectivity index (χ3v) is 3.62. The molecule has 1 aromatic rings. The van der Waals surface area contributed by atoms with Crippen molar-refractivity contribution in [3.05, 3.63) is 35.4 Å². The Morgan fingerprint density at radius 3 is 2.75 bits per heavy atom. The molecule has 0 spiro atoms. The molecule has 108 valence electrons. The highest BCUT2D eigenvalue weighted by Gasteiger charge is 2.34. The topological polar surface area (TPSA) is 49.4 Å². The summed E-state index contributed by atoms with van der Waals surface area (Å²) in [7, 11) is 0. The van der Waals surface area contributed by atoms with Gasteiger partial charge in [-0.3, -0.25) is 4.79 Å². The van der Waals surface area contributed by atoms with Crippen LogP contribution >= 0.6 is 0 Å². The van der Waals surface area contributed by atoms with E-state index in [2.05, 4.69) is 17.4 Å². The molecule has 1 amide bonds. The lowest BCUT2D eigenvalue weighted by molar-refractivity contribution is -0.143. The van der Waals surface area contributed by atoms with Crippen LogP contribution in [-0.4, -0.2) is 30.2 Å². The molecule has 1 atom stereocenters. The Bertz CT molecular complexity index is 505. The number of carbonyl (C=O) groups is 2. The van der Waals surface area contributed by atoms with Crippen molar-refractivity contribution < 1.29 is 9.59 Å². The highest BCUT2D eigenvalue weighted by molar-refractivity contribution is 5.83. The Morgan fingerprint density at radius 1 is 1.40 bits per heavy atom. The molecule has 1 aromatic carbocycles. The van der Waals surface area contributed by atoms with Gasteiger partial charge in [-0.25, -0.2) is 0 Å². The van der Waals surface area contributed by atoms with E-state index in [0.717, 1.165) is 18.4 Å². The minimum Gasteiger partial charge on any atom is -0.327 e. The number of rotatable bonds is 3. The number of hydrogen-bond donors (Lipinski definition) is 1. The Morgan fingerprint density at radius 2 is 2.10 bits per heavy atom. The van der Waals surface area contributed by atoms with Crippen molar-refractivity contribution >= 4 is 12.2 Å². The van der Waals surface area contributed by atoms with Crippen LogP contribution < -0.4 is 5.32 Å². The van der Waals surface area contributed by atoms with E-state index in [4.69, 9.17) is 0 Å². The van der Waals surface area contributed by atoms with Gasteiger partial charge in [0.25, 0.3) is 0 Å². The lowest BCUT2D eigenvalue weighted by atomic mass is 9.90. The molecule has 0 aliphatic carbocycles. The van der Waals surface area contributed by atoms with Crippen molar-refractivity contribution in [3.8, 4) is 0 Å². The van der Waals surface area contributed by atoms with Gasteiger partial charge in [0.15, 0.2) is 0 Å². The number of carbonyl (C=O) groups excluding carboxylic acids is 2. The van der Waals surface area contributed by atoms with Gasteiger partial charge >= 0.3 is 0 Å². The Balaban J connectivity index is 2.36. The fourth-order valence-corrected chi connectivity index (χ4v) is 2.61. The van der Waals surface area contributed by atoms with Crippen molar-refractivity contribution in [2.45, 2.75) is 33.4 Å². The van der Waals surface area contributed by atoms with Gasteiger partial charge in [-0.1, -0.05) is 45.0 Å². The molecule has 0 fully saturated rings. The first-order valence-corrected chi connectivity index (χ1v) is 6.98. The highest BCUT2D eigenvalue weighted by atomic mass is 16.2. The standard InChI is InChI=1S/C16H22N2O2/c1-16(2,3)15(20)18(8-9-19)14-11-17-10-12-6-4-5-7-13(12)14/h4-7,9,14,17H,8,10-11H2,1-3H3. The molecule has 2 rings (SSSR count). The van der Waals surface area contributed by atoms with E-state index in [-0.39, 0.29) is 18.5 Å². The van der Waals surface area contributed by atoms with E-state index in [1.165, 1.54) is 5.56 Å². The monoisotopic (exact) mass is 274 g/mol. The van der Waals surface area contributed by atoms with Gasteiger partial charge in [0.05, 0.1) is 12.6 Å². The highest BCUT2D eigenvalue weighted by Crippen LogP contribution is 2.30. The summed E-state index contributed by atoms with van der Waals surface area (Å²) in [6, 6.07) is 8.02. The van der Waals surface area contributed by atoms with Crippen LogP contribution in [0.1, 0.15) is 37.9 Å². The van der Waals surface area contributed by atoms with Crippen LogP contribution in [0, 0.1) is 5.41 Å². The minimum atomic E-state index is -0.491. The maximum Gasteiger partial charge on any atom is 0.228 e. The second kappa shape index (κ2) is 5.75. The van der Waals surface area contributed by atoms with E-state index in [9.17, 15) is 9.59 Å². The average Bonchev–Trinajstić information content (AvgIpc) is 2.42. The molecule has 4 heteroatoms. The van der Waals surface area contributed by atoms with E-state index >= 15 is 0 Å². The summed E-state index contributed by atoms with van der Waals surface area (Å²) >= 11 is 0. The van der Waals surface area contributed by atoms with E-state index in [0.29, 0.717) is 6.54 Å². The van der Waals surface area contributed by atoms with Crippen LogP contribution in [0.5, 0.6) is 0 Å². The molecule has 1 heterocycles. The van der Waals surface area contributed by atoms with Crippen molar-refractivity contribution in [1.82, 2.24) is 10.2 Å². The third-order valence-electron chi connectivity index (χ3n) is 3.62. The molecule has 0 bridgehead atoms. The number of nitrogens with one attached hydrogen (secondary N) is 1. The summed E-state index contributed by atoms with van der Waals surface area (Å²) in [6.07, 6.45) is 0.806. The zero-order valence-electron chi connectivity index (χ0n) is 12.3. The first kappa shape index (κ1) is 14.7. The van der Waals surface area contributed by atoms with Gasteiger partial charge in [-0.2, -0.15) is 0 Å². The molecule has 4 nitrogen and oxygen atoms in total. The van der Waals surface area contributed by atoms with Crippen LogP contribution in [0.15, 0.2) is 24.3 Å². The van der Waals surface area contributed by atoms with Crippen molar-refractivity contribution in [1.29, 1.82) is 0 Å². The quantitative estimate of drug-likeness (QED) is 0.857. The molecule has 0 saturated heterocycles. The number of aldehydes is 1. The van der Waals surface area contributed by atoms with E-state index in [1.807, 2.05) is 32.9 Å². The first-order valence-electron chi connectivity index (χ1n) is 6.98. The Hall–Kier alpha value is -1.68. The minimum absolute atomic E-state index is 0.00750. The second-order valence-electron chi connectivity index (χ2n) is 6.22. The molecule has 0 radical (unpaired) electrons. The summed E-state index contributed by atoms with van der Waals surface area (Å²) in [5, 5.41) is 3.33. The lowest BCUT2D eigenvalue weighted by Crippen LogP contribution is -2.47. The Kier molecular flexibility index (Phi) is 4.23. The van der Waals surface area contributed by atoms with Crippen LogP contribution in [0.25, 0.3) is 0 Å². The maximum absolute atomic E-state index is 12.6. The van der Waals surface area contributed by atoms with E-state index in [1.54, 1.807) is 4.90 Å². The fourth-order valence-electron chi connectivity index (χ4n) is 2.61. The average molecular weight is 274 g/mol. The van der Waals surface area contributed by atoms with E-state index < -0.39 is 5.41 Å². The van der Waals surface area contributed by atoms with Gasteiger partial charge in [-0.15, -0.1) is 0 Å². The SMILES string of the molecule is CC(C)(C)C(=O)N(CC=O)C1CNCc2ccccc21. The summed E-state index contributed by atoms with van der Waals surface area (Å²) in [6.45, 7) is 7.29. The smallest absolute Gasteiger partial charge is 0.228 e. The molecule has 20 heavy (non-hydrogen) atoms. The van der Waals surface area contributed by atoms with Gasteiger partial charge in [0.1, 0.15) is 6.29 Å². The van der Waals surface area contributed by atoms with Gasteiger partial charge in [0.2, 0.25) is 5.91 Å². The number of nitrogens with zero attached hydrogens (tertiary/aromatic N) is 1. The maximum atomic E-state index is 12.6. The van der Waals surface area contributed by atoms with Crippen LogP contribution in [-0.2, 0) is 16.1 Å². The van der Waals surface area contributed by atoms with Crippen LogP contribution in [0.4, 0.5) is 0 Å². The summed E-state index contributed by atoms with van der Waals surface area (Å²) in [5.74, 6) is 0.00750. The van der Waals surface area contributed by atoms with Crippen LogP contribution in [0.3, 0.4) is 0 Å². The van der Waals surface area contributed by atoms with Gasteiger partial charge in [0, 0.05) is 18.5 Å². The molecule has 1 aliphatic heterocycles. The normalized spacial score (nSPS) is 18.2. The molecule has 0 saturated carbocycles. The molecule has 1 unspecified atom stereocenters. The van der Waals surface area contributed by atoms with Crippen molar-refractivity contribution in [3.63, 3.8) is 0 Å². The van der Waals surface area contributed by atoms with Crippen molar-refractivity contribution in [2.75, 3.05) is 13.1 Å². The molecule has 1 N–H and O–H groups in total. The first-order chi connectivity index (χ1) is 9.45. The summed E-state index contributed by atoms with van der Waals surface area (Å²) < 4.78 is 0.